The van der Waals surface area contributed by atoms with Crippen molar-refractivity contribution in [3.05, 3.63) is 22.6 Å². The van der Waals surface area contributed by atoms with Gasteiger partial charge in [0, 0.05) is 7.11 Å². The maximum Gasteiger partial charge on any atom is 0.132 e. The molecule has 1 aromatic heterocycles. The Labute approximate surface area is 67.2 Å². The molecule has 0 aliphatic carbocycles. The van der Waals surface area contributed by atoms with Crippen molar-refractivity contribution in [2.24, 2.45) is 0 Å². The minimum absolute atomic E-state index is 0.570. The molecule has 62 valence electrons. The molecule has 0 radical (unpaired) electrons. The summed E-state index contributed by atoms with van der Waals surface area (Å²) in [5.41, 5.74) is 2.45. The fourth-order valence-corrected chi connectivity index (χ4v) is 1.08. The summed E-state index contributed by atoms with van der Waals surface area (Å²) in [6.07, 6.45) is 0. The van der Waals surface area contributed by atoms with Crippen molar-refractivity contribution < 1.29 is 9.15 Å². The number of hydrogen-bond donors (Lipinski definition) is 0. The third kappa shape index (κ3) is 1.46. The van der Waals surface area contributed by atoms with Crippen LogP contribution in [-0.4, -0.2) is 7.11 Å². The fraction of sp³-hybridized carbons (Fsp3) is 0.556. The van der Waals surface area contributed by atoms with E-state index in [2.05, 4.69) is 13.8 Å². The van der Waals surface area contributed by atoms with Crippen molar-refractivity contribution in [1.29, 1.82) is 0 Å². The molecular formula is C9H14O2. The number of methoxy groups -OCH3 is 1. The minimum atomic E-state index is 0.570. The second-order valence-electron chi connectivity index (χ2n) is 2.76. The standard InChI is InChI=1S/C9H14O2/c1-6-7(2)9(5-10-4)11-8(6)3/h5H2,1-4H3. The fourth-order valence-electron chi connectivity index (χ4n) is 1.08. The zero-order valence-electron chi connectivity index (χ0n) is 7.52. The van der Waals surface area contributed by atoms with E-state index in [1.165, 1.54) is 11.1 Å². The quantitative estimate of drug-likeness (QED) is 0.652. The van der Waals surface area contributed by atoms with Crippen LogP contribution >= 0.6 is 0 Å². The maximum absolute atomic E-state index is 5.46. The van der Waals surface area contributed by atoms with Gasteiger partial charge in [-0.3, -0.25) is 0 Å². The van der Waals surface area contributed by atoms with Crippen LogP contribution in [0.5, 0.6) is 0 Å². The average Bonchev–Trinajstić information content (AvgIpc) is 2.19. The van der Waals surface area contributed by atoms with E-state index in [0.29, 0.717) is 6.61 Å². The molecule has 11 heavy (non-hydrogen) atoms. The number of ether oxygens (including phenoxy) is 1. The SMILES string of the molecule is COCc1oc(C)c(C)c1C. The van der Waals surface area contributed by atoms with E-state index in [1.807, 2.05) is 6.92 Å². The predicted octanol–water partition coefficient (Wildman–Crippen LogP) is 2.35. The smallest absolute Gasteiger partial charge is 0.132 e. The largest absolute Gasteiger partial charge is 0.463 e. The molecule has 0 fully saturated rings. The van der Waals surface area contributed by atoms with Crippen LogP contribution in [-0.2, 0) is 11.3 Å². The molecule has 0 atom stereocenters. The second kappa shape index (κ2) is 3.09. The Balaban J connectivity index is 2.98. The maximum atomic E-state index is 5.46. The predicted molar refractivity (Wildman–Crippen MR) is 43.6 cm³/mol. The van der Waals surface area contributed by atoms with E-state index in [0.717, 1.165) is 11.5 Å². The summed E-state index contributed by atoms with van der Waals surface area (Å²) in [4.78, 5) is 0. The molecule has 1 aromatic rings. The first-order chi connectivity index (χ1) is 5.16. The van der Waals surface area contributed by atoms with Gasteiger partial charge in [-0.2, -0.15) is 0 Å². The van der Waals surface area contributed by atoms with Crippen LogP contribution in [0.15, 0.2) is 4.42 Å². The van der Waals surface area contributed by atoms with Gasteiger partial charge in [0.1, 0.15) is 18.1 Å². The van der Waals surface area contributed by atoms with E-state index in [4.69, 9.17) is 9.15 Å². The topological polar surface area (TPSA) is 22.4 Å². The van der Waals surface area contributed by atoms with Gasteiger partial charge in [0.15, 0.2) is 0 Å². The zero-order chi connectivity index (χ0) is 8.43. The molecule has 0 spiro atoms. The first kappa shape index (κ1) is 8.34. The van der Waals surface area contributed by atoms with Gasteiger partial charge in [-0.05, 0) is 31.9 Å². The van der Waals surface area contributed by atoms with Crippen LogP contribution in [0.1, 0.15) is 22.6 Å². The molecule has 1 heterocycles. The van der Waals surface area contributed by atoms with Crippen LogP contribution in [0.25, 0.3) is 0 Å². The van der Waals surface area contributed by atoms with Crippen molar-refractivity contribution >= 4 is 0 Å². The Morgan fingerprint density at radius 1 is 1.18 bits per heavy atom. The van der Waals surface area contributed by atoms with Gasteiger partial charge in [0.25, 0.3) is 0 Å². The Morgan fingerprint density at radius 2 is 1.82 bits per heavy atom. The number of furan rings is 1. The summed E-state index contributed by atoms with van der Waals surface area (Å²) >= 11 is 0. The lowest BCUT2D eigenvalue weighted by Crippen LogP contribution is -1.86. The summed E-state index contributed by atoms with van der Waals surface area (Å²) < 4.78 is 10.4. The summed E-state index contributed by atoms with van der Waals surface area (Å²) in [7, 11) is 1.67. The van der Waals surface area contributed by atoms with Crippen molar-refractivity contribution in [3.63, 3.8) is 0 Å². The van der Waals surface area contributed by atoms with Crippen molar-refractivity contribution in [1.82, 2.24) is 0 Å². The highest BCUT2D eigenvalue weighted by atomic mass is 16.5. The van der Waals surface area contributed by atoms with Gasteiger partial charge in [0.2, 0.25) is 0 Å². The lowest BCUT2D eigenvalue weighted by atomic mass is 10.1. The van der Waals surface area contributed by atoms with Crippen molar-refractivity contribution in [2.75, 3.05) is 7.11 Å². The molecule has 0 saturated carbocycles. The van der Waals surface area contributed by atoms with Gasteiger partial charge in [-0.15, -0.1) is 0 Å². The van der Waals surface area contributed by atoms with E-state index < -0.39 is 0 Å². The molecular weight excluding hydrogens is 140 g/mol. The zero-order valence-corrected chi connectivity index (χ0v) is 7.52. The number of rotatable bonds is 2. The second-order valence-corrected chi connectivity index (χ2v) is 2.76. The van der Waals surface area contributed by atoms with Crippen LogP contribution in [0, 0.1) is 20.8 Å². The Hall–Kier alpha value is -0.760. The van der Waals surface area contributed by atoms with E-state index in [9.17, 15) is 0 Å². The summed E-state index contributed by atoms with van der Waals surface area (Å²) in [5, 5.41) is 0. The van der Waals surface area contributed by atoms with Gasteiger partial charge in [0.05, 0.1) is 0 Å². The normalized spacial score (nSPS) is 10.5. The highest BCUT2D eigenvalue weighted by Gasteiger charge is 2.08. The summed E-state index contributed by atoms with van der Waals surface area (Å²) in [6.45, 7) is 6.66. The lowest BCUT2D eigenvalue weighted by Gasteiger charge is -1.94. The van der Waals surface area contributed by atoms with Crippen LogP contribution in [0.2, 0.25) is 0 Å². The molecule has 0 saturated heterocycles. The lowest BCUT2D eigenvalue weighted by molar-refractivity contribution is 0.162. The van der Waals surface area contributed by atoms with Crippen molar-refractivity contribution in [2.45, 2.75) is 27.4 Å². The molecule has 2 nitrogen and oxygen atoms in total. The number of hydrogen-bond acceptors (Lipinski definition) is 2. The van der Waals surface area contributed by atoms with Crippen LogP contribution < -0.4 is 0 Å². The Morgan fingerprint density at radius 3 is 2.18 bits per heavy atom. The molecule has 0 amide bonds. The van der Waals surface area contributed by atoms with Gasteiger partial charge in [-0.25, -0.2) is 0 Å². The van der Waals surface area contributed by atoms with E-state index in [-0.39, 0.29) is 0 Å². The van der Waals surface area contributed by atoms with E-state index in [1.54, 1.807) is 7.11 Å². The summed E-state index contributed by atoms with van der Waals surface area (Å²) in [5.74, 6) is 1.94. The highest BCUT2D eigenvalue weighted by molar-refractivity contribution is 5.29. The third-order valence-electron chi connectivity index (χ3n) is 2.06. The first-order valence-corrected chi connectivity index (χ1v) is 3.71. The van der Waals surface area contributed by atoms with E-state index >= 15 is 0 Å². The summed E-state index contributed by atoms with van der Waals surface area (Å²) in [6, 6.07) is 0. The van der Waals surface area contributed by atoms with Crippen LogP contribution in [0.4, 0.5) is 0 Å². The van der Waals surface area contributed by atoms with Gasteiger partial charge in [-0.1, -0.05) is 0 Å². The third-order valence-corrected chi connectivity index (χ3v) is 2.06. The molecule has 0 aliphatic rings. The first-order valence-electron chi connectivity index (χ1n) is 3.71. The van der Waals surface area contributed by atoms with Crippen molar-refractivity contribution in [3.8, 4) is 0 Å². The molecule has 1 rings (SSSR count). The molecule has 0 unspecified atom stereocenters. The van der Waals surface area contributed by atoms with Crippen LogP contribution in [0.3, 0.4) is 0 Å². The van der Waals surface area contributed by atoms with Gasteiger partial charge >= 0.3 is 0 Å². The molecule has 0 aromatic carbocycles. The monoisotopic (exact) mass is 154 g/mol. The highest BCUT2D eigenvalue weighted by Crippen LogP contribution is 2.20. The number of aryl methyl sites for hydroxylation is 1. The molecule has 0 N–H and O–H groups in total. The molecule has 0 aliphatic heterocycles. The average molecular weight is 154 g/mol. The molecule has 0 bridgehead atoms. The minimum Gasteiger partial charge on any atom is -0.463 e. The Kier molecular flexibility index (Phi) is 2.35. The Bertz CT molecular complexity index is 248. The molecule has 2 heteroatoms. The van der Waals surface area contributed by atoms with Gasteiger partial charge < -0.3 is 9.15 Å².